The summed E-state index contributed by atoms with van der Waals surface area (Å²) in [4.78, 5) is 0. The van der Waals surface area contributed by atoms with Gasteiger partial charge < -0.3 is 9.47 Å². The molecule has 0 bridgehead atoms. The van der Waals surface area contributed by atoms with Gasteiger partial charge in [0.2, 0.25) is 0 Å². The second-order valence-electron chi connectivity index (χ2n) is 2.90. The number of methoxy groups -OCH3 is 2. The Morgan fingerprint density at radius 2 is 2.07 bits per heavy atom. The maximum Gasteiger partial charge on any atom is 0.165 e. The van der Waals surface area contributed by atoms with Crippen LogP contribution in [0.5, 0.6) is 11.5 Å². The van der Waals surface area contributed by atoms with Gasteiger partial charge in [0.25, 0.3) is 0 Å². The van der Waals surface area contributed by atoms with Crippen molar-refractivity contribution in [1.29, 1.82) is 0 Å². The van der Waals surface area contributed by atoms with Crippen molar-refractivity contribution in [3.05, 3.63) is 30.1 Å². The number of ether oxygens (including phenoxy) is 2. The summed E-state index contributed by atoms with van der Waals surface area (Å²) >= 11 is 5.66. The molecule has 0 aliphatic rings. The highest BCUT2D eigenvalue weighted by molar-refractivity contribution is 6.23. The molecule has 82 valence electrons. The van der Waals surface area contributed by atoms with Gasteiger partial charge in [-0.05, 0) is 17.7 Å². The summed E-state index contributed by atoms with van der Waals surface area (Å²) in [5, 5.41) is 0. The average molecular weight is 231 g/mol. The molecular weight excluding hydrogens is 219 g/mol. The number of allylic oxidation sites excluding steroid dienone is 1. The van der Waals surface area contributed by atoms with Crippen LogP contribution in [0.3, 0.4) is 0 Å². The van der Waals surface area contributed by atoms with E-state index in [4.69, 9.17) is 21.1 Å². The standard InChI is InChI=1S/C11H12ClFO2/c1-7(6-12)10-9(14-2)5-4-8(13)11(10)15-3/h4-5H,1,6H2,2-3H3. The van der Waals surface area contributed by atoms with E-state index in [1.807, 2.05) is 0 Å². The Balaban J connectivity index is 3.40. The zero-order valence-electron chi connectivity index (χ0n) is 8.64. The minimum absolute atomic E-state index is 0.111. The lowest BCUT2D eigenvalue weighted by Crippen LogP contribution is -1.99. The molecule has 0 saturated carbocycles. The molecule has 1 aromatic rings. The Hall–Kier alpha value is -1.22. The van der Waals surface area contributed by atoms with Crippen LogP contribution in [-0.2, 0) is 0 Å². The molecule has 0 aromatic heterocycles. The number of alkyl halides is 1. The van der Waals surface area contributed by atoms with Crippen molar-refractivity contribution in [1.82, 2.24) is 0 Å². The summed E-state index contributed by atoms with van der Waals surface area (Å²) in [6, 6.07) is 2.80. The molecule has 0 unspecified atom stereocenters. The molecule has 0 radical (unpaired) electrons. The SMILES string of the molecule is C=C(CCl)c1c(OC)ccc(F)c1OC. The molecule has 0 spiro atoms. The third kappa shape index (κ3) is 2.23. The summed E-state index contributed by atoms with van der Waals surface area (Å²) in [6.07, 6.45) is 0. The lowest BCUT2D eigenvalue weighted by molar-refractivity contribution is 0.372. The first-order chi connectivity index (χ1) is 7.15. The van der Waals surface area contributed by atoms with Crippen LogP contribution in [0.25, 0.3) is 5.57 Å². The number of rotatable bonds is 4. The fourth-order valence-corrected chi connectivity index (χ4v) is 1.44. The molecule has 0 heterocycles. The van der Waals surface area contributed by atoms with Crippen LogP contribution in [0.4, 0.5) is 4.39 Å². The lowest BCUT2D eigenvalue weighted by Gasteiger charge is -2.14. The van der Waals surface area contributed by atoms with E-state index < -0.39 is 5.82 Å². The predicted molar refractivity (Wildman–Crippen MR) is 59.3 cm³/mol. The van der Waals surface area contributed by atoms with Crippen molar-refractivity contribution in [2.75, 3.05) is 20.1 Å². The third-order valence-corrected chi connectivity index (χ3v) is 2.33. The molecule has 4 heteroatoms. The Labute approximate surface area is 93.3 Å². The van der Waals surface area contributed by atoms with Crippen LogP contribution in [-0.4, -0.2) is 20.1 Å². The molecule has 0 fully saturated rings. The fraction of sp³-hybridized carbons (Fsp3) is 0.273. The highest BCUT2D eigenvalue weighted by Gasteiger charge is 2.16. The summed E-state index contributed by atoms with van der Waals surface area (Å²) < 4.78 is 23.5. The first kappa shape index (κ1) is 11.9. The van der Waals surface area contributed by atoms with Gasteiger partial charge in [-0.2, -0.15) is 0 Å². The second-order valence-corrected chi connectivity index (χ2v) is 3.16. The van der Waals surface area contributed by atoms with Gasteiger partial charge in [0.05, 0.1) is 19.8 Å². The predicted octanol–water partition coefficient (Wildman–Crippen LogP) is 3.09. The Morgan fingerprint density at radius 3 is 2.53 bits per heavy atom. The van der Waals surface area contributed by atoms with Gasteiger partial charge in [-0.1, -0.05) is 6.58 Å². The van der Waals surface area contributed by atoms with E-state index in [1.165, 1.54) is 26.4 Å². The first-order valence-electron chi connectivity index (χ1n) is 4.30. The normalized spacial score (nSPS) is 9.87. The van der Waals surface area contributed by atoms with Gasteiger partial charge >= 0.3 is 0 Å². The number of benzene rings is 1. The van der Waals surface area contributed by atoms with Crippen LogP contribution >= 0.6 is 11.6 Å². The topological polar surface area (TPSA) is 18.5 Å². The summed E-state index contributed by atoms with van der Waals surface area (Å²) in [7, 11) is 2.89. The highest BCUT2D eigenvalue weighted by Crippen LogP contribution is 2.36. The first-order valence-corrected chi connectivity index (χ1v) is 4.83. The van der Waals surface area contributed by atoms with Crippen molar-refractivity contribution in [3.8, 4) is 11.5 Å². The summed E-state index contributed by atoms with van der Waals surface area (Å²) in [5.41, 5.74) is 1.04. The average Bonchev–Trinajstić information content (AvgIpc) is 2.27. The second kappa shape index (κ2) is 5.03. The minimum atomic E-state index is -0.459. The number of halogens is 2. The van der Waals surface area contributed by atoms with E-state index in [0.717, 1.165) is 0 Å². The van der Waals surface area contributed by atoms with Gasteiger partial charge in [-0.15, -0.1) is 11.6 Å². The van der Waals surface area contributed by atoms with Crippen LogP contribution in [0.15, 0.2) is 18.7 Å². The monoisotopic (exact) mass is 230 g/mol. The van der Waals surface area contributed by atoms with Crippen molar-refractivity contribution in [2.24, 2.45) is 0 Å². The van der Waals surface area contributed by atoms with Crippen molar-refractivity contribution in [2.45, 2.75) is 0 Å². The molecular formula is C11H12ClFO2. The molecule has 0 aliphatic heterocycles. The molecule has 0 N–H and O–H groups in total. The molecule has 0 atom stereocenters. The summed E-state index contributed by atoms with van der Waals surface area (Å²) in [6.45, 7) is 3.74. The van der Waals surface area contributed by atoms with Gasteiger partial charge in [0.15, 0.2) is 11.6 Å². The van der Waals surface area contributed by atoms with Crippen molar-refractivity contribution in [3.63, 3.8) is 0 Å². The maximum atomic E-state index is 13.4. The minimum Gasteiger partial charge on any atom is -0.496 e. The van der Waals surface area contributed by atoms with E-state index in [1.54, 1.807) is 0 Å². The van der Waals surface area contributed by atoms with Crippen LogP contribution in [0, 0.1) is 5.82 Å². The van der Waals surface area contributed by atoms with Gasteiger partial charge in [0, 0.05) is 5.88 Å². The van der Waals surface area contributed by atoms with Crippen molar-refractivity contribution >= 4 is 17.2 Å². The largest absolute Gasteiger partial charge is 0.496 e. The molecule has 1 aromatic carbocycles. The van der Waals surface area contributed by atoms with Gasteiger partial charge in [-0.3, -0.25) is 0 Å². The molecule has 0 amide bonds. The van der Waals surface area contributed by atoms with Gasteiger partial charge in [-0.25, -0.2) is 4.39 Å². The summed E-state index contributed by atoms with van der Waals surface area (Å²) in [5.74, 6) is 0.342. The van der Waals surface area contributed by atoms with E-state index >= 15 is 0 Å². The van der Waals surface area contributed by atoms with Crippen LogP contribution < -0.4 is 9.47 Å². The van der Waals surface area contributed by atoms with E-state index in [-0.39, 0.29) is 11.6 Å². The number of hydrogen-bond acceptors (Lipinski definition) is 2. The third-order valence-electron chi connectivity index (χ3n) is 2.01. The Bertz CT molecular complexity index is 377. The lowest BCUT2D eigenvalue weighted by atomic mass is 10.1. The number of hydrogen-bond donors (Lipinski definition) is 0. The fourth-order valence-electron chi connectivity index (χ4n) is 1.31. The Morgan fingerprint density at radius 1 is 1.40 bits per heavy atom. The van der Waals surface area contributed by atoms with Crippen LogP contribution in [0.2, 0.25) is 0 Å². The molecule has 1 rings (SSSR count). The maximum absolute atomic E-state index is 13.4. The molecule has 0 aliphatic carbocycles. The zero-order chi connectivity index (χ0) is 11.4. The van der Waals surface area contributed by atoms with Crippen molar-refractivity contribution < 1.29 is 13.9 Å². The van der Waals surface area contributed by atoms with Crippen LogP contribution in [0.1, 0.15) is 5.56 Å². The zero-order valence-corrected chi connectivity index (χ0v) is 9.40. The molecule has 15 heavy (non-hydrogen) atoms. The molecule has 2 nitrogen and oxygen atoms in total. The Kier molecular flexibility index (Phi) is 3.97. The quantitative estimate of drug-likeness (QED) is 0.740. The molecule has 0 saturated heterocycles. The van der Waals surface area contributed by atoms with E-state index in [0.29, 0.717) is 16.9 Å². The van der Waals surface area contributed by atoms with E-state index in [9.17, 15) is 4.39 Å². The smallest absolute Gasteiger partial charge is 0.165 e. The van der Waals surface area contributed by atoms with E-state index in [2.05, 4.69) is 6.58 Å². The van der Waals surface area contributed by atoms with Gasteiger partial charge in [0.1, 0.15) is 5.75 Å². The highest BCUT2D eigenvalue weighted by atomic mass is 35.5.